The third kappa shape index (κ3) is 1.66. The van der Waals surface area contributed by atoms with Crippen LogP contribution in [0.5, 0.6) is 0 Å². The van der Waals surface area contributed by atoms with Crippen LogP contribution in [0.25, 0.3) is 5.69 Å². The molecule has 1 heterocycles. The van der Waals surface area contributed by atoms with E-state index in [1.807, 2.05) is 0 Å². The molecule has 1 aromatic carbocycles. The van der Waals surface area contributed by atoms with Gasteiger partial charge in [0.15, 0.2) is 11.6 Å². The summed E-state index contributed by atoms with van der Waals surface area (Å²) in [7, 11) is 0. The average Bonchev–Trinajstić information content (AvgIpc) is 2.78. The molecule has 0 aliphatic heterocycles. The van der Waals surface area contributed by atoms with Crippen molar-refractivity contribution in [2.45, 2.75) is 19.3 Å². The highest BCUT2D eigenvalue weighted by atomic mass is 35.5. The minimum Gasteiger partial charge on any atom is -0.317 e. The Morgan fingerprint density at radius 2 is 2.06 bits per heavy atom. The zero-order chi connectivity index (χ0) is 12.7. The highest BCUT2D eigenvalue weighted by Crippen LogP contribution is 2.28. The Morgan fingerprint density at radius 3 is 2.89 bits per heavy atom. The van der Waals surface area contributed by atoms with Gasteiger partial charge in [0, 0.05) is 23.9 Å². The Kier molecular flexibility index (Phi) is 2.71. The van der Waals surface area contributed by atoms with E-state index in [4.69, 9.17) is 11.6 Å². The van der Waals surface area contributed by atoms with E-state index < -0.39 is 5.82 Å². The van der Waals surface area contributed by atoms with E-state index in [-0.39, 0.29) is 10.8 Å². The number of benzene rings is 1. The number of ketones is 1. The van der Waals surface area contributed by atoms with Crippen molar-refractivity contribution in [1.29, 1.82) is 0 Å². The van der Waals surface area contributed by atoms with Crippen molar-refractivity contribution in [2.24, 2.45) is 0 Å². The number of rotatable bonds is 1. The highest BCUT2D eigenvalue weighted by Gasteiger charge is 2.22. The molecule has 4 heteroatoms. The van der Waals surface area contributed by atoms with E-state index in [1.165, 1.54) is 6.07 Å². The van der Waals surface area contributed by atoms with E-state index >= 15 is 0 Å². The number of fused-ring (bicyclic) bond motifs is 1. The van der Waals surface area contributed by atoms with Crippen LogP contribution in [-0.4, -0.2) is 10.4 Å². The van der Waals surface area contributed by atoms with Crippen LogP contribution in [0.4, 0.5) is 4.39 Å². The number of hydrogen-bond acceptors (Lipinski definition) is 1. The quantitative estimate of drug-likeness (QED) is 0.767. The number of carbonyl (C=O) groups is 1. The van der Waals surface area contributed by atoms with Gasteiger partial charge in [-0.15, -0.1) is 0 Å². The predicted octanol–water partition coefficient (Wildman–Crippen LogP) is 3.79. The number of carbonyl (C=O) groups excluding carboxylic acids is 1. The summed E-state index contributed by atoms with van der Waals surface area (Å²) < 4.78 is 15.7. The molecule has 3 rings (SSSR count). The summed E-state index contributed by atoms with van der Waals surface area (Å²) in [6, 6.07) is 6.65. The van der Waals surface area contributed by atoms with Crippen molar-refractivity contribution >= 4 is 17.4 Å². The molecule has 1 aliphatic rings. The number of Topliss-reactive ketones (excluding diaryl/α,β-unsaturated/α-hetero) is 1. The summed E-state index contributed by atoms with van der Waals surface area (Å²) >= 11 is 5.79. The van der Waals surface area contributed by atoms with Crippen LogP contribution in [0.15, 0.2) is 30.5 Å². The van der Waals surface area contributed by atoms with Gasteiger partial charge in [-0.05, 0) is 31.0 Å². The van der Waals surface area contributed by atoms with E-state index in [0.717, 1.165) is 18.5 Å². The fourth-order valence-corrected chi connectivity index (χ4v) is 2.60. The molecule has 2 nitrogen and oxygen atoms in total. The van der Waals surface area contributed by atoms with Gasteiger partial charge in [-0.1, -0.05) is 17.7 Å². The summed E-state index contributed by atoms with van der Waals surface area (Å²) in [4.78, 5) is 11.7. The van der Waals surface area contributed by atoms with E-state index in [1.54, 1.807) is 29.0 Å². The predicted molar refractivity (Wildman–Crippen MR) is 68.0 cm³/mol. The summed E-state index contributed by atoms with van der Waals surface area (Å²) in [5.41, 5.74) is 1.99. The second kappa shape index (κ2) is 4.25. The first-order valence-electron chi connectivity index (χ1n) is 5.86. The third-order valence-electron chi connectivity index (χ3n) is 3.30. The van der Waals surface area contributed by atoms with Crippen LogP contribution in [0.2, 0.25) is 5.02 Å². The van der Waals surface area contributed by atoms with Crippen molar-refractivity contribution in [3.63, 3.8) is 0 Å². The van der Waals surface area contributed by atoms with Gasteiger partial charge in [0.05, 0.1) is 10.7 Å². The normalized spacial score (nSPS) is 14.7. The number of nitrogens with zero attached hydrogens (tertiary/aromatic N) is 1. The zero-order valence-electron chi connectivity index (χ0n) is 9.62. The molecule has 0 fully saturated rings. The van der Waals surface area contributed by atoms with E-state index in [9.17, 15) is 9.18 Å². The molecule has 18 heavy (non-hydrogen) atoms. The molecule has 0 N–H and O–H groups in total. The lowest BCUT2D eigenvalue weighted by Gasteiger charge is -2.15. The summed E-state index contributed by atoms with van der Waals surface area (Å²) in [5, 5.41) is 0.0945. The van der Waals surface area contributed by atoms with Gasteiger partial charge in [0.25, 0.3) is 0 Å². The summed E-state index contributed by atoms with van der Waals surface area (Å²) in [6.07, 6.45) is 3.93. The van der Waals surface area contributed by atoms with Gasteiger partial charge in [0.1, 0.15) is 0 Å². The molecule has 0 saturated carbocycles. The zero-order valence-corrected chi connectivity index (χ0v) is 10.4. The monoisotopic (exact) mass is 263 g/mol. The van der Waals surface area contributed by atoms with Gasteiger partial charge in [-0.2, -0.15) is 0 Å². The number of halogens is 2. The van der Waals surface area contributed by atoms with Crippen LogP contribution in [0.1, 0.15) is 28.9 Å². The summed E-state index contributed by atoms with van der Waals surface area (Å²) in [6.45, 7) is 0. The number of aromatic nitrogens is 1. The Hall–Kier alpha value is -1.61. The molecular formula is C14H11ClFNO. The molecule has 0 saturated heterocycles. The lowest BCUT2D eigenvalue weighted by atomic mass is 9.97. The Morgan fingerprint density at radius 1 is 1.22 bits per heavy atom. The molecule has 0 spiro atoms. The molecule has 0 bridgehead atoms. The minimum atomic E-state index is -0.449. The van der Waals surface area contributed by atoms with Gasteiger partial charge in [-0.3, -0.25) is 4.79 Å². The maximum atomic E-state index is 14.0. The first kappa shape index (κ1) is 11.5. The standard InChI is InChI=1S/C14H11ClFNO/c15-10-3-1-5-12(14(10)16)17-8-7-9-11(17)4-2-6-13(9)18/h1,3,5,7-8H,2,4,6H2. The second-order valence-electron chi connectivity index (χ2n) is 4.40. The van der Waals surface area contributed by atoms with Crippen LogP contribution in [-0.2, 0) is 6.42 Å². The third-order valence-corrected chi connectivity index (χ3v) is 3.59. The smallest absolute Gasteiger partial charge is 0.165 e. The molecule has 92 valence electrons. The van der Waals surface area contributed by atoms with E-state index in [0.29, 0.717) is 17.7 Å². The maximum Gasteiger partial charge on any atom is 0.165 e. The van der Waals surface area contributed by atoms with Crippen LogP contribution >= 0.6 is 11.6 Å². The fourth-order valence-electron chi connectivity index (χ4n) is 2.43. The van der Waals surface area contributed by atoms with Crippen LogP contribution in [0, 0.1) is 5.82 Å². The fraction of sp³-hybridized carbons (Fsp3) is 0.214. The molecule has 1 aromatic heterocycles. The molecule has 2 aromatic rings. The Bertz CT molecular complexity index is 633. The van der Waals surface area contributed by atoms with Crippen LogP contribution < -0.4 is 0 Å². The first-order valence-corrected chi connectivity index (χ1v) is 6.24. The van der Waals surface area contributed by atoms with Gasteiger partial charge in [-0.25, -0.2) is 4.39 Å². The lowest BCUT2D eigenvalue weighted by Crippen LogP contribution is -2.12. The van der Waals surface area contributed by atoms with Gasteiger partial charge >= 0.3 is 0 Å². The van der Waals surface area contributed by atoms with Crippen molar-refractivity contribution in [3.8, 4) is 5.69 Å². The molecule has 0 radical (unpaired) electrons. The second-order valence-corrected chi connectivity index (χ2v) is 4.80. The van der Waals surface area contributed by atoms with Crippen molar-refractivity contribution < 1.29 is 9.18 Å². The SMILES string of the molecule is O=C1CCCc2c1ccn2-c1cccc(Cl)c1F. The van der Waals surface area contributed by atoms with Crippen molar-refractivity contribution in [1.82, 2.24) is 4.57 Å². The average molecular weight is 264 g/mol. The molecule has 0 unspecified atom stereocenters. The summed E-state index contributed by atoms with van der Waals surface area (Å²) in [5.74, 6) is -0.312. The topological polar surface area (TPSA) is 22.0 Å². The van der Waals surface area contributed by atoms with Gasteiger partial charge < -0.3 is 4.57 Å². The molecule has 0 atom stereocenters. The largest absolute Gasteiger partial charge is 0.317 e. The Labute approximate surface area is 109 Å². The Balaban J connectivity index is 2.19. The maximum absolute atomic E-state index is 14.0. The van der Waals surface area contributed by atoms with Crippen molar-refractivity contribution in [3.05, 3.63) is 52.6 Å². The van der Waals surface area contributed by atoms with Crippen LogP contribution in [0.3, 0.4) is 0 Å². The highest BCUT2D eigenvalue weighted by molar-refractivity contribution is 6.30. The molecule has 1 aliphatic carbocycles. The van der Waals surface area contributed by atoms with E-state index in [2.05, 4.69) is 0 Å². The lowest BCUT2D eigenvalue weighted by molar-refractivity contribution is 0.0972. The van der Waals surface area contributed by atoms with Gasteiger partial charge in [0.2, 0.25) is 0 Å². The van der Waals surface area contributed by atoms with Crippen molar-refractivity contribution in [2.75, 3.05) is 0 Å². The molecule has 0 amide bonds. The minimum absolute atomic E-state index is 0.0945. The first-order chi connectivity index (χ1) is 8.68. The molecular weight excluding hydrogens is 253 g/mol. The number of hydrogen-bond donors (Lipinski definition) is 0.